The lowest BCUT2D eigenvalue weighted by Crippen LogP contribution is -2.65. The van der Waals surface area contributed by atoms with Crippen LogP contribution < -0.4 is 10.4 Å². The van der Waals surface area contributed by atoms with Crippen LogP contribution in [0.5, 0.6) is 0 Å². The number of amides is 2. The third-order valence-corrected chi connectivity index (χ3v) is 7.96. The van der Waals surface area contributed by atoms with Crippen molar-refractivity contribution in [2.24, 2.45) is 5.92 Å². The molecule has 1 saturated heterocycles. The van der Waals surface area contributed by atoms with Crippen LogP contribution in [-0.4, -0.2) is 68.8 Å². The van der Waals surface area contributed by atoms with E-state index in [-0.39, 0.29) is 24.0 Å². The summed E-state index contributed by atoms with van der Waals surface area (Å²) in [5, 5.41) is 27.7. The number of nitrogens with zero attached hydrogens (tertiary/aromatic N) is 2. The first-order valence-corrected chi connectivity index (χ1v) is 14.0. The molecule has 0 radical (unpaired) electrons. The lowest BCUT2D eigenvalue weighted by Gasteiger charge is -2.49. The van der Waals surface area contributed by atoms with Crippen molar-refractivity contribution in [1.82, 2.24) is 15.1 Å². The summed E-state index contributed by atoms with van der Waals surface area (Å²) in [6, 6.07) is 8.65. The molecule has 0 unspecified atom stereocenters. The fraction of sp³-hybridized carbons (Fsp3) is 0.733. The predicted molar refractivity (Wildman–Crippen MR) is 145 cm³/mol. The third-order valence-electron chi connectivity index (χ3n) is 7.96. The van der Waals surface area contributed by atoms with Crippen molar-refractivity contribution in [2.75, 3.05) is 13.1 Å². The van der Waals surface area contributed by atoms with Gasteiger partial charge in [-0.1, -0.05) is 62.4 Å². The molecule has 2 fully saturated rings. The van der Waals surface area contributed by atoms with Crippen LogP contribution in [0.1, 0.15) is 92.1 Å². The van der Waals surface area contributed by atoms with Crippen LogP contribution in [0.15, 0.2) is 30.3 Å². The zero-order valence-corrected chi connectivity index (χ0v) is 23.8. The first-order chi connectivity index (χ1) is 17.2. The highest BCUT2D eigenvalue weighted by Crippen LogP contribution is 2.37. The quantitative estimate of drug-likeness (QED) is 0.551. The molecule has 1 heterocycles. The number of rotatable bonds is 8. The Bertz CT molecular complexity index is 902. The summed E-state index contributed by atoms with van der Waals surface area (Å²) in [4.78, 5) is 29.4. The molecule has 1 saturated carbocycles. The normalized spacial score (nSPS) is 23.4. The number of hydrogen-bond donors (Lipinski definition) is 2. The molecule has 3 atom stereocenters. The average Bonchev–Trinajstić information content (AvgIpc) is 3.19. The Morgan fingerprint density at radius 2 is 1.73 bits per heavy atom. The molecule has 208 valence electrons. The van der Waals surface area contributed by atoms with Gasteiger partial charge in [-0.3, -0.25) is 9.69 Å². The number of carbonyl (C=O) groups excluding carboxylic acids is 2. The Hall–Kier alpha value is -2.12. The highest BCUT2D eigenvalue weighted by molar-refractivity contribution is 5.82. The number of likely N-dealkylation sites (tertiary alicyclic amines) is 1. The highest BCUT2D eigenvalue weighted by Gasteiger charge is 2.50. The first-order valence-electron chi connectivity index (χ1n) is 14.0. The Balaban J connectivity index is 1.91. The maximum Gasteiger partial charge on any atom is 0.237 e. The standard InChI is InChI=1S/C30H49N3O4/c1-28(2,3)31-26(34)24(19-22-13-9-7-10-14-22)32-18-17-30(37,21-32)25(20-23-15-11-8-12-16-23)33(27(35)36)29(4,5)6/h8,11-12,15-16,22,24-25,37H,7,9-10,13-14,17-21H2,1-6H3,(H,31,34)(H,35,36)/p-1/t24-,25-,30-/m0/s1. The van der Waals surface area contributed by atoms with Crippen LogP contribution in [-0.2, 0) is 11.2 Å². The number of hydrogen-bond acceptors (Lipinski definition) is 5. The number of nitrogens with one attached hydrogen (secondary N) is 1. The summed E-state index contributed by atoms with van der Waals surface area (Å²) in [6.45, 7) is 12.2. The van der Waals surface area contributed by atoms with E-state index in [9.17, 15) is 19.8 Å². The Morgan fingerprint density at radius 1 is 1.11 bits per heavy atom. The summed E-state index contributed by atoms with van der Waals surface area (Å²) < 4.78 is 0. The molecule has 2 aliphatic rings. The minimum absolute atomic E-state index is 0.00508. The van der Waals surface area contributed by atoms with E-state index in [2.05, 4.69) is 10.2 Å². The number of β-amino-alcohol motifs (C(OH)–C–C–N with tert-alkyl or cyclic N) is 1. The Kier molecular flexibility index (Phi) is 9.33. The maximum absolute atomic E-state index is 13.5. The van der Waals surface area contributed by atoms with Gasteiger partial charge in [-0.05, 0) is 72.3 Å². The van der Waals surface area contributed by atoms with Crippen molar-refractivity contribution in [3.8, 4) is 0 Å². The van der Waals surface area contributed by atoms with Crippen molar-refractivity contribution in [3.05, 3.63) is 35.9 Å². The van der Waals surface area contributed by atoms with Crippen molar-refractivity contribution in [2.45, 2.75) is 122 Å². The van der Waals surface area contributed by atoms with Crippen LogP contribution in [0.25, 0.3) is 0 Å². The third kappa shape index (κ3) is 7.93. The summed E-state index contributed by atoms with van der Waals surface area (Å²) in [6.07, 6.45) is 6.18. The van der Waals surface area contributed by atoms with E-state index in [0.717, 1.165) is 24.8 Å². The van der Waals surface area contributed by atoms with Gasteiger partial charge in [-0.2, -0.15) is 0 Å². The molecule has 0 spiro atoms. The van der Waals surface area contributed by atoms with Gasteiger partial charge in [-0.25, -0.2) is 0 Å². The van der Waals surface area contributed by atoms with E-state index in [1.165, 1.54) is 24.2 Å². The summed E-state index contributed by atoms with van der Waals surface area (Å²) >= 11 is 0. The molecule has 0 bridgehead atoms. The van der Waals surface area contributed by atoms with E-state index in [1.807, 2.05) is 71.9 Å². The summed E-state index contributed by atoms with van der Waals surface area (Å²) in [5.74, 6) is 0.488. The number of carboxylic acid groups (broad SMARTS) is 1. The Labute approximate surface area is 223 Å². The molecule has 2 amide bonds. The van der Waals surface area contributed by atoms with Crippen molar-refractivity contribution < 1.29 is 19.8 Å². The largest absolute Gasteiger partial charge is 0.530 e. The van der Waals surface area contributed by atoms with Crippen LogP contribution in [0, 0.1) is 5.92 Å². The van der Waals surface area contributed by atoms with Crippen molar-refractivity contribution in [1.29, 1.82) is 0 Å². The molecule has 1 aromatic rings. The molecule has 1 aromatic carbocycles. The molecular weight excluding hydrogens is 466 g/mol. The summed E-state index contributed by atoms with van der Waals surface area (Å²) in [7, 11) is 0. The van der Waals surface area contributed by atoms with E-state index in [4.69, 9.17) is 0 Å². The second-order valence-electron chi connectivity index (χ2n) is 13.3. The minimum Gasteiger partial charge on any atom is -0.530 e. The van der Waals surface area contributed by atoms with Gasteiger partial charge in [0.15, 0.2) is 0 Å². The smallest absolute Gasteiger partial charge is 0.237 e. The molecule has 7 heteroatoms. The molecule has 1 aliphatic heterocycles. The van der Waals surface area contributed by atoms with Crippen molar-refractivity contribution >= 4 is 12.0 Å². The Morgan fingerprint density at radius 3 is 2.27 bits per heavy atom. The molecule has 7 nitrogen and oxygen atoms in total. The monoisotopic (exact) mass is 514 g/mol. The second kappa shape index (κ2) is 11.7. The molecular formula is C30H48N3O4-. The van der Waals surface area contributed by atoms with Gasteiger partial charge >= 0.3 is 0 Å². The SMILES string of the molecule is CC(C)(C)NC(=O)[C@H](CC1CCCCC1)N1CC[C@@](O)([C@H](Cc2ccccc2)N(C(=O)[O-])C(C)(C)C)C1. The molecule has 0 aromatic heterocycles. The minimum atomic E-state index is -1.31. The van der Waals surface area contributed by atoms with E-state index < -0.39 is 23.3 Å². The second-order valence-corrected chi connectivity index (χ2v) is 13.3. The van der Waals surface area contributed by atoms with Gasteiger partial charge in [0.1, 0.15) is 6.09 Å². The van der Waals surface area contributed by atoms with Crippen LogP contribution >= 0.6 is 0 Å². The molecule has 37 heavy (non-hydrogen) atoms. The van der Waals surface area contributed by atoms with Crippen LogP contribution in [0.3, 0.4) is 0 Å². The molecule has 1 aliphatic carbocycles. The molecule has 3 rings (SSSR count). The molecule has 2 N–H and O–H groups in total. The first kappa shape index (κ1) is 29.4. The van der Waals surface area contributed by atoms with Crippen LogP contribution in [0.4, 0.5) is 4.79 Å². The number of carbonyl (C=O) groups is 2. The van der Waals surface area contributed by atoms with E-state index >= 15 is 0 Å². The van der Waals surface area contributed by atoms with Gasteiger partial charge in [-0.15, -0.1) is 0 Å². The van der Waals surface area contributed by atoms with Crippen LogP contribution in [0.2, 0.25) is 0 Å². The van der Waals surface area contributed by atoms with Crippen molar-refractivity contribution in [3.63, 3.8) is 0 Å². The van der Waals surface area contributed by atoms with Gasteiger partial charge < -0.3 is 25.2 Å². The van der Waals surface area contributed by atoms with Gasteiger partial charge in [0.2, 0.25) is 5.91 Å². The maximum atomic E-state index is 13.5. The number of aliphatic hydroxyl groups is 1. The van der Waals surface area contributed by atoms with Gasteiger partial charge in [0.25, 0.3) is 0 Å². The predicted octanol–water partition coefficient (Wildman–Crippen LogP) is 3.73. The van der Waals surface area contributed by atoms with Gasteiger partial charge in [0, 0.05) is 24.2 Å². The zero-order chi connectivity index (χ0) is 27.4. The lowest BCUT2D eigenvalue weighted by atomic mass is 9.83. The lowest BCUT2D eigenvalue weighted by molar-refractivity contribution is -0.278. The average molecular weight is 515 g/mol. The topological polar surface area (TPSA) is 95.9 Å². The zero-order valence-electron chi connectivity index (χ0n) is 23.8. The fourth-order valence-corrected chi connectivity index (χ4v) is 6.23. The highest BCUT2D eigenvalue weighted by atomic mass is 16.4. The van der Waals surface area contributed by atoms with Gasteiger partial charge in [0.05, 0.1) is 17.7 Å². The summed E-state index contributed by atoms with van der Waals surface area (Å²) in [5.41, 5.74) is -1.46. The number of benzene rings is 1. The van der Waals surface area contributed by atoms with E-state index in [1.54, 1.807) is 0 Å². The van der Waals surface area contributed by atoms with E-state index in [0.29, 0.717) is 25.3 Å². The fourth-order valence-electron chi connectivity index (χ4n) is 6.23.